The summed E-state index contributed by atoms with van der Waals surface area (Å²) in [4.78, 5) is 16.3. The molecule has 0 saturated heterocycles. The fraction of sp³-hybridized carbons (Fsp3) is 0.318. The van der Waals surface area contributed by atoms with Crippen molar-refractivity contribution in [1.29, 1.82) is 0 Å². The van der Waals surface area contributed by atoms with Crippen LogP contribution in [0.2, 0.25) is 0 Å². The van der Waals surface area contributed by atoms with Gasteiger partial charge in [0, 0.05) is 17.5 Å². The lowest BCUT2D eigenvalue weighted by molar-refractivity contribution is -0.148. The zero-order chi connectivity index (χ0) is 20.4. The number of ether oxygens (including phenoxy) is 3. The predicted octanol–water partition coefficient (Wildman–Crippen LogP) is 3.88. The third-order valence-electron chi connectivity index (χ3n) is 4.61. The Labute approximate surface area is 168 Å². The van der Waals surface area contributed by atoms with E-state index in [9.17, 15) is 4.79 Å². The summed E-state index contributed by atoms with van der Waals surface area (Å²) in [5.41, 5.74) is 2.69. The minimum Gasteiger partial charge on any atom is -0.483 e. The van der Waals surface area contributed by atoms with Crippen LogP contribution in [0.15, 0.2) is 47.0 Å². The third-order valence-corrected chi connectivity index (χ3v) is 4.61. The van der Waals surface area contributed by atoms with E-state index in [0.29, 0.717) is 17.3 Å². The molecule has 29 heavy (non-hydrogen) atoms. The number of benzene rings is 2. The lowest BCUT2D eigenvalue weighted by Gasteiger charge is -2.18. The lowest BCUT2D eigenvalue weighted by atomic mass is 10.0. The van der Waals surface area contributed by atoms with Crippen LogP contribution in [-0.2, 0) is 22.6 Å². The Morgan fingerprint density at radius 1 is 1.17 bits per heavy atom. The van der Waals surface area contributed by atoms with Crippen LogP contribution in [0.5, 0.6) is 11.5 Å². The average molecular weight is 394 g/mol. The number of rotatable bonds is 6. The topological polar surface area (TPSA) is 83.7 Å². The molecule has 150 valence electrons. The van der Waals surface area contributed by atoms with E-state index in [1.165, 1.54) is 0 Å². The molecule has 0 amide bonds. The molecular formula is C22H22N2O5. The maximum Gasteiger partial charge on any atom is 0.344 e. The number of aromatic nitrogens is 2. The molecule has 1 aromatic heterocycles. The summed E-state index contributed by atoms with van der Waals surface area (Å²) in [6, 6.07) is 13.4. The molecule has 0 spiro atoms. The second-order valence-corrected chi connectivity index (χ2v) is 7.56. The first-order valence-corrected chi connectivity index (χ1v) is 9.39. The molecule has 4 rings (SSSR count). The summed E-state index contributed by atoms with van der Waals surface area (Å²) in [6.45, 7) is 5.64. The number of fused-ring (bicyclic) bond motifs is 1. The zero-order valence-corrected chi connectivity index (χ0v) is 16.6. The number of esters is 1. The molecule has 7 nitrogen and oxygen atoms in total. The molecule has 2 heterocycles. The van der Waals surface area contributed by atoms with Crippen molar-refractivity contribution >= 4 is 5.97 Å². The lowest BCUT2D eigenvalue weighted by Crippen LogP contribution is -2.24. The number of hydrogen-bond acceptors (Lipinski definition) is 7. The fourth-order valence-electron chi connectivity index (χ4n) is 3.27. The van der Waals surface area contributed by atoms with Gasteiger partial charge in [0.05, 0.1) is 0 Å². The first-order valence-electron chi connectivity index (χ1n) is 9.39. The van der Waals surface area contributed by atoms with Crippen LogP contribution in [0.3, 0.4) is 0 Å². The van der Waals surface area contributed by atoms with E-state index in [4.69, 9.17) is 18.7 Å². The van der Waals surface area contributed by atoms with Crippen molar-refractivity contribution in [1.82, 2.24) is 10.1 Å². The second kappa shape index (κ2) is 7.58. The number of para-hydroxylation sites is 1. The molecule has 7 heteroatoms. The Morgan fingerprint density at radius 3 is 2.83 bits per heavy atom. The van der Waals surface area contributed by atoms with E-state index < -0.39 is 5.97 Å². The molecule has 0 saturated carbocycles. The highest BCUT2D eigenvalue weighted by molar-refractivity contribution is 5.71. The molecule has 0 atom stereocenters. The van der Waals surface area contributed by atoms with Gasteiger partial charge in [-0.15, -0.1) is 0 Å². The average Bonchev–Trinajstić information content (AvgIpc) is 3.27. The van der Waals surface area contributed by atoms with Crippen molar-refractivity contribution in [2.75, 3.05) is 6.61 Å². The van der Waals surface area contributed by atoms with E-state index in [1.807, 2.05) is 57.2 Å². The molecule has 0 aliphatic carbocycles. The fourth-order valence-corrected chi connectivity index (χ4v) is 3.27. The minimum atomic E-state index is -0.532. The van der Waals surface area contributed by atoms with E-state index in [1.54, 1.807) is 6.07 Å². The molecular weight excluding hydrogens is 372 g/mol. The van der Waals surface area contributed by atoms with Gasteiger partial charge in [0.1, 0.15) is 5.60 Å². The van der Waals surface area contributed by atoms with Gasteiger partial charge in [-0.1, -0.05) is 41.6 Å². The second-order valence-electron chi connectivity index (χ2n) is 7.56. The summed E-state index contributed by atoms with van der Waals surface area (Å²) in [5, 5.41) is 3.95. The van der Waals surface area contributed by atoms with Crippen LogP contribution >= 0.6 is 0 Å². The van der Waals surface area contributed by atoms with Gasteiger partial charge < -0.3 is 18.7 Å². The van der Waals surface area contributed by atoms with Crippen LogP contribution in [0.1, 0.15) is 30.9 Å². The molecule has 0 N–H and O–H groups in total. The number of carbonyl (C=O) groups is 1. The number of hydrogen-bond donors (Lipinski definition) is 0. The largest absolute Gasteiger partial charge is 0.483 e. The van der Waals surface area contributed by atoms with Crippen LogP contribution < -0.4 is 9.47 Å². The molecule has 0 bridgehead atoms. The SMILES string of the molecule is Cc1ccccc1-c1noc(COC(=O)COc2cccc3c2OC(C)(C)C3)n1. The van der Waals surface area contributed by atoms with E-state index in [0.717, 1.165) is 23.1 Å². The zero-order valence-electron chi connectivity index (χ0n) is 16.6. The minimum absolute atomic E-state index is 0.114. The van der Waals surface area contributed by atoms with Gasteiger partial charge in [-0.2, -0.15) is 4.98 Å². The van der Waals surface area contributed by atoms with Gasteiger partial charge in [-0.3, -0.25) is 0 Å². The number of carbonyl (C=O) groups excluding carboxylic acids is 1. The summed E-state index contributed by atoms with van der Waals surface area (Å²) < 4.78 is 21.9. The molecule has 2 aromatic carbocycles. The van der Waals surface area contributed by atoms with Crippen molar-refractivity contribution < 1.29 is 23.5 Å². The first-order chi connectivity index (χ1) is 13.9. The van der Waals surface area contributed by atoms with Gasteiger partial charge in [0.25, 0.3) is 5.89 Å². The van der Waals surface area contributed by atoms with Gasteiger partial charge >= 0.3 is 5.97 Å². The van der Waals surface area contributed by atoms with Crippen molar-refractivity contribution in [2.24, 2.45) is 0 Å². The van der Waals surface area contributed by atoms with Crippen molar-refractivity contribution in [3.8, 4) is 22.9 Å². The Kier molecular flexibility index (Phi) is 4.96. The molecule has 0 fully saturated rings. The number of nitrogens with zero attached hydrogens (tertiary/aromatic N) is 2. The molecule has 1 aliphatic heterocycles. The molecule has 3 aromatic rings. The van der Waals surface area contributed by atoms with E-state index in [2.05, 4.69) is 10.1 Å². The quantitative estimate of drug-likeness (QED) is 0.587. The van der Waals surface area contributed by atoms with Crippen LogP contribution in [0.25, 0.3) is 11.4 Å². The highest BCUT2D eigenvalue weighted by Crippen LogP contribution is 2.41. The normalized spacial score (nSPS) is 14.2. The molecule has 0 unspecified atom stereocenters. The highest BCUT2D eigenvalue weighted by Gasteiger charge is 2.32. The Bertz CT molecular complexity index is 1040. The molecule has 0 radical (unpaired) electrons. The van der Waals surface area contributed by atoms with Crippen molar-refractivity contribution in [3.05, 3.63) is 59.5 Å². The van der Waals surface area contributed by atoms with Crippen molar-refractivity contribution in [3.63, 3.8) is 0 Å². The predicted molar refractivity (Wildman–Crippen MR) is 105 cm³/mol. The van der Waals surface area contributed by atoms with Gasteiger partial charge in [-0.25, -0.2) is 4.79 Å². The van der Waals surface area contributed by atoms with Gasteiger partial charge in [0.15, 0.2) is 24.7 Å². The Hall–Kier alpha value is -3.35. The summed E-state index contributed by atoms with van der Waals surface area (Å²) in [6.07, 6.45) is 0.796. The highest BCUT2D eigenvalue weighted by atomic mass is 16.6. The summed E-state index contributed by atoms with van der Waals surface area (Å²) in [5.74, 6) is 1.37. The first kappa shape index (κ1) is 19.0. The number of aryl methyl sites for hydroxylation is 1. The maximum atomic E-state index is 12.1. The Balaban J connectivity index is 1.32. The maximum absolute atomic E-state index is 12.1. The van der Waals surface area contributed by atoms with Crippen molar-refractivity contribution in [2.45, 2.75) is 39.4 Å². The standard InChI is InChI=1S/C22H22N2O5/c1-14-7-4-5-9-16(14)21-23-18(29-24-21)12-27-19(25)13-26-17-10-6-8-15-11-22(2,3)28-20(15)17/h4-10H,11-13H2,1-3H3. The smallest absolute Gasteiger partial charge is 0.344 e. The van der Waals surface area contributed by atoms with Crippen LogP contribution in [0.4, 0.5) is 0 Å². The van der Waals surface area contributed by atoms with E-state index in [-0.39, 0.29) is 24.7 Å². The Morgan fingerprint density at radius 2 is 2.00 bits per heavy atom. The van der Waals surface area contributed by atoms with E-state index >= 15 is 0 Å². The summed E-state index contributed by atoms with van der Waals surface area (Å²) in [7, 11) is 0. The summed E-state index contributed by atoms with van der Waals surface area (Å²) >= 11 is 0. The van der Waals surface area contributed by atoms with Crippen LogP contribution in [0, 0.1) is 6.92 Å². The van der Waals surface area contributed by atoms with Crippen LogP contribution in [-0.4, -0.2) is 28.3 Å². The van der Waals surface area contributed by atoms with Gasteiger partial charge in [-0.05, 0) is 32.4 Å². The van der Waals surface area contributed by atoms with Gasteiger partial charge in [0.2, 0.25) is 5.82 Å². The third kappa shape index (κ3) is 4.23. The molecule has 1 aliphatic rings. The monoisotopic (exact) mass is 394 g/mol.